The molecule has 1 aliphatic rings. The van der Waals surface area contributed by atoms with Crippen LogP contribution in [0.1, 0.15) is 37.8 Å². The topological polar surface area (TPSA) is 58.2 Å². The predicted octanol–water partition coefficient (Wildman–Crippen LogP) is 2.31. The molecule has 0 radical (unpaired) electrons. The summed E-state index contributed by atoms with van der Waals surface area (Å²) in [6.45, 7) is 5.56. The first-order chi connectivity index (χ1) is 9.58. The highest BCUT2D eigenvalue weighted by Crippen LogP contribution is 2.25. The number of nitrogens with one attached hydrogen (secondary N) is 2. The van der Waals surface area contributed by atoms with Crippen LogP contribution >= 0.6 is 0 Å². The lowest BCUT2D eigenvalue weighted by Gasteiger charge is -2.25. The van der Waals surface area contributed by atoms with Crippen LogP contribution in [0, 0.1) is 0 Å². The molecule has 0 saturated carbocycles. The van der Waals surface area contributed by atoms with Gasteiger partial charge in [0.05, 0.1) is 10.9 Å². The van der Waals surface area contributed by atoms with Crippen molar-refractivity contribution in [2.45, 2.75) is 44.8 Å². The Morgan fingerprint density at radius 2 is 1.90 bits per heavy atom. The Morgan fingerprint density at radius 1 is 1.25 bits per heavy atom. The van der Waals surface area contributed by atoms with Gasteiger partial charge in [0, 0.05) is 6.54 Å². The summed E-state index contributed by atoms with van der Waals surface area (Å²) in [7, 11) is -3.31. The minimum Gasteiger partial charge on any atom is -0.315 e. The zero-order valence-electron chi connectivity index (χ0n) is 12.3. The van der Waals surface area contributed by atoms with Crippen LogP contribution in [0.25, 0.3) is 0 Å². The SMILES string of the molecule is CCc1cccc(CC)c1NS(=O)(=O)C1CCCNC1. The van der Waals surface area contributed by atoms with Crippen LogP contribution in [-0.4, -0.2) is 26.8 Å². The van der Waals surface area contributed by atoms with E-state index in [0.29, 0.717) is 6.54 Å². The molecule has 5 heteroatoms. The summed E-state index contributed by atoms with van der Waals surface area (Å²) in [4.78, 5) is 0. The van der Waals surface area contributed by atoms with Crippen molar-refractivity contribution in [1.82, 2.24) is 5.32 Å². The molecule has 2 N–H and O–H groups in total. The number of aryl methyl sites for hydroxylation is 2. The zero-order valence-corrected chi connectivity index (χ0v) is 13.1. The van der Waals surface area contributed by atoms with E-state index in [2.05, 4.69) is 23.9 Å². The van der Waals surface area contributed by atoms with Crippen molar-refractivity contribution in [3.8, 4) is 0 Å². The van der Waals surface area contributed by atoms with Crippen molar-refractivity contribution in [1.29, 1.82) is 0 Å². The Morgan fingerprint density at radius 3 is 2.40 bits per heavy atom. The van der Waals surface area contributed by atoms with Crippen molar-refractivity contribution < 1.29 is 8.42 Å². The molecule has 0 aliphatic carbocycles. The standard InChI is InChI=1S/C15H24N2O2S/c1-3-12-7-5-8-13(4-2)15(12)17-20(18,19)14-9-6-10-16-11-14/h5,7-8,14,16-17H,3-4,6,9-11H2,1-2H3. The Balaban J connectivity index is 2.28. The summed E-state index contributed by atoms with van der Waals surface area (Å²) in [5.74, 6) is 0. The number of anilines is 1. The molecule has 1 aliphatic heterocycles. The van der Waals surface area contributed by atoms with Crippen molar-refractivity contribution in [3.63, 3.8) is 0 Å². The van der Waals surface area contributed by atoms with Crippen LogP contribution in [0.15, 0.2) is 18.2 Å². The maximum atomic E-state index is 12.5. The Kier molecular flexibility index (Phi) is 5.05. The molecule has 1 unspecified atom stereocenters. The first kappa shape index (κ1) is 15.3. The van der Waals surface area contributed by atoms with Gasteiger partial charge in [0.1, 0.15) is 0 Å². The van der Waals surface area contributed by atoms with Gasteiger partial charge in [-0.2, -0.15) is 0 Å². The number of piperidine rings is 1. The number of benzene rings is 1. The Bertz CT molecular complexity index is 527. The normalized spacial score (nSPS) is 19.8. The molecule has 0 bridgehead atoms. The lowest BCUT2D eigenvalue weighted by atomic mass is 10.0. The second-order valence-corrected chi connectivity index (χ2v) is 7.23. The van der Waals surface area contributed by atoms with Crippen LogP contribution in [0.2, 0.25) is 0 Å². The van der Waals surface area contributed by atoms with Crippen LogP contribution in [-0.2, 0) is 22.9 Å². The summed E-state index contributed by atoms with van der Waals surface area (Å²) in [6.07, 6.45) is 3.31. The summed E-state index contributed by atoms with van der Waals surface area (Å²) < 4.78 is 27.9. The van der Waals surface area contributed by atoms with Gasteiger partial charge in [0.15, 0.2) is 0 Å². The lowest BCUT2D eigenvalue weighted by molar-refractivity contribution is 0.499. The first-order valence-corrected chi connectivity index (χ1v) is 8.96. The zero-order chi connectivity index (χ0) is 14.6. The number of hydrogen-bond acceptors (Lipinski definition) is 3. The third-order valence-corrected chi connectivity index (χ3v) is 5.70. The molecule has 1 heterocycles. The number of rotatable bonds is 5. The van der Waals surface area contributed by atoms with Crippen molar-refractivity contribution in [2.75, 3.05) is 17.8 Å². The third-order valence-electron chi connectivity index (χ3n) is 3.93. The average Bonchev–Trinajstić information content (AvgIpc) is 2.48. The van der Waals surface area contributed by atoms with E-state index in [4.69, 9.17) is 0 Å². The fourth-order valence-corrected chi connectivity index (χ4v) is 4.21. The number of hydrogen-bond donors (Lipinski definition) is 2. The molecule has 2 rings (SSSR count). The van der Waals surface area contributed by atoms with E-state index >= 15 is 0 Å². The molecule has 112 valence electrons. The summed E-state index contributed by atoms with van der Waals surface area (Å²) >= 11 is 0. The smallest absolute Gasteiger partial charge is 0.236 e. The van der Waals surface area contributed by atoms with Crippen LogP contribution in [0.4, 0.5) is 5.69 Å². The minimum absolute atomic E-state index is 0.328. The van der Waals surface area contributed by atoms with Gasteiger partial charge in [-0.05, 0) is 43.4 Å². The molecule has 1 aromatic rings. The summed E-state index contributed by atoms with van der Waals surface area (Å²) in [5.41, 5.74) is 2.93. The van der Waals surface area contributed by atoms with Gasteiger partial charge in [-0.25, -0.2) is 8.42 Å². The van der Waals surface area contributed by atoms with Gasteiger partial charge in [-0.1, -0.05) is 32.0 Å². The van der Waals surface area contributed by atoms with Crippen LogP contribution < -0.4 is 10.0 Å². The average molecular weight is 296 g/mol. The van der Waals surface area contributed by atoms with Crippen LogP contribution in [0.3, 0.4) is 0 Å². The van der Waals surface area contributed by atoms with E-state index in [1.54, 1.807) is 0 Å². The van der Waals surface area contributed by atoms with Gasteiger partial charge >= 0.3 is 0 Å². The van der Waals surface area contributed by atoms with Gasteiger partial charge in [-0.3, -0.25) is 4.72 Å². The summed E-state index contributed by atoms with van der Waals surface area (Å²) in [5, 5.41) is 2.84. The Labute approximate surface area is 122 Å². The highest BCUT2D eigenvalue weighted by molar-refractivity contribution is 7.93. The fraction of sp³-hybridized carbons (Fsp3) is 0.600. The van der Waals surface area contributed by atoms with E-state index in [1.807, 2.05) is 18.2 Å². The highest BCUT2D eigenvalue weighted by Gasteiger charge is 2.28. The largest absolute Gasteiger partial charge is 0.315 e. The van der Waals surface area contributed by atoms with E-state index in [9.17, 15) is 8.42 Å². The van der Waals surface area contributed by atoms with Gasteiger partial charge in [-0.15, -0.1) is 0 Å². The van der Waals surface area contributed by atoms with Crippen LogP contribution in [0.5, 0.6) is 0 Å². The lowest BCUT2D eigenvalue weighted by Crippen LogP contribution is -2.41. The fourth-order valence-electron chi connectivity index (χ4n) is 2.68. The molecule has 1 fully saturated rings. The second kappa shape index (κ2) is 6.59. The first-order valence-electron chi connectivity index (χ1n) is 7.41. The number of para-hydroxylation sites is 1. The molecule has 0 aromatic heterocycles. The maximum absolute atomic E-state index is 12.5. The minimum atomic E-state index is -3.31. The highest BCUT2D eigenvalue weighted by atomic mass is 32.2. The molecule has 4 nitrogen and oxygen atoms in total. The monoisotopic (exact) mass is 296 g/mol. The van der Waals surface area contributed by atoms with Gasteiger partial charge < -0.3 is 5.32 Å². The predicted molar refractivity (Wildman–Crippen MR) is 83.6 cm³/mol. The number of sulfonamides is 1. The Hall–Kier alpha value is -1.07. The molecule has 20 heavy (non-hydrogen) atoms. The van der Waals surface area contributed by atoms with Gasteiger partial charge in [0.2, 0.25) is 10.0 Å². The molecular formula is C15H24N2O2S. The van der Waals surface area contributed by atoms with Crippen molar-refractivity contribution >= 4 is 15.7 Å². The molecular weight excluding hydrogens is 272 g/mol. The van der Waals surface area contributed by atoms with Gasteiger partial charge in [0.25, 0.3) is 0 Å². The molecule has 1 aromatic carbocycles. The van der Waals surface area contributed by atoms with E-state index in [1.165, 1.54) is 0 Å². The van der Waals surface area contributed by atoms with E-state index in [-0.39, 0.29) is 5.25 Å². The quantitative estimate of drug-likeness (QED) is 0.876. The molecule has 1 saturated heterocycles. The summed E-state index contributed by atoms with van der Waals surface area (Å²) in [6, 6.07) is 5.99. The molecule has 0 spiro atoms. The molecule has 1 atom stereocenters. The van der Waals surface area contributed by atoms with E-state index in [0.717, 1.165) is 49.0 Å². The maximum Gasteiger partial charge on any atom is 0.236 e. The van der Waals surface area contributed by atoms with E-state index < -0.39 is 10.0 Å². The second-order valence-electron chi connectivity index (χ2n) is 5.27. The molecule has 0 amide bonds. The third kappa shape index (κ3) is 3.33. The van der Waals surface area contributed by atoms with Crippen molar-refractivity contribution in [3.05, 3.63) is 29.3 Å². The van der Waals surface area contributed by atoms with Crippen molar-refractivity contribution in [2.24, 2.45) is 0 Å².